The smallest absolute Gasteiger partial charge is 0.408 e. The molecule has 0 spiro atoms. The molecule has 2 N–H and O–H groups in total. The number of aromatic amines is 1. The Balaban J connectivity index is 2.24. The molecular formula is C12H14N2O3. The minimum atomic E-state index is -0.495. The molecule has 0 fully saturated rings. The van der Waals surface area contributed by atoms with Gasteiger partial charge >= 0.3 is 5.76 Å². The summed E-state index contributed by atoms with van der Waals surface area (Å²) in [5, 5.41) is 2.79. The van der Waals surface area contributed by atoms with E-state index in [-0.39, 0.29) is 11.8 Å². The lowest BCUT2D eigenvalue weighted by atomic mass is 10.1. The van der Waals surface area contributed by atoms with Crippen molar-refractivity contribution in [1.82, 2.24) is 4.98 Å². The van der Waals surface area contributed by atoms with Gasteiger partial charge in [-0.05, 0) is 24.6 Å². The molecule has 1 atom stereocenters. The largest absolute Gasteiger partial charge is 0.417 e. The molecule has 0 radical (unpaired) electrons. The molecule has 1 heterocycles. The number of anilines is 1. The van der Waals surface area contributed by atoms with E-state index < -0.39 is 5.76 Å². The Labute approximate surface area is 97.8 Å². The van der Waals surface area contributed by atoms with Crippen molar-refractivity contribution < 1.29 is 9.21 Å². The number of hydrogen-bond acceptors (Lipinski definition) is 3. The van der Waals surface area contributed by atoms with Crippen molar-refractivity contribution in [2.45, 2.75) is 20.3 Å². The molecule has 0 bridgehead atoms. The van der Waals surface area contributed by atoms with Crippen molar-refractivity contribution >= 4 is 22.7 Å². The Bertz CT molecular complexity index is 597. The number of carbonyl (C=O) groups excluding carboxylic acids is 1. The zero-order valence-corrected chi connectivity index (χ0v) is 9.74. The van der Waals surface area contributed by atoms with E-state index in [1.54, 1.807) is 18.2 Å². The lowest BCUT2D eigenvalue weighted by Gasteiger charge is -2.09. The second-order valence-electron chi connectivity index (χ2n) is 4.02. The van der Waals surface area contributed by atoms with Crippen LogP contribution >= 0.6 is 0 Å². The summed E-state index contributed by atoms with van der Waals surface area (Å²) in [7, 11) is 0. The van der Waals surface area contributed by atoms with Gasteiger partial charge in [0.2, 0.25) is 5.91 Å². The third-order valence-electron chi connectivity index (χ3n) is 2.75. The van der Waals surface area contributed by atoms with E-state index >= 15 is 0 Å². The molecule has 17 heavy (non-hydrogen) atoms. The second kappa shape index (κ2) is 4.45. The highest BCUT2D eigenvalue weighted by Crippen LogP contribution is 2.17. The van der Waals surface area contributed by atoms with Crippen molar-refractivity contribution in [1.29, 1.82) is 0 Å². The number of aromatic nitrogens is 1. The number of nitrogens with one attached hydrogen (secondary N) is 2. The van der Waals surface area contributed by atoms with E-state index in [0.717, 1.165) is 6.42 Å². The fourth-order valence-corrected chi connectivity index (χ4v) is 1.48. The Kier molecular flexibility index (Phi) is 2.99. The van der Waals surface area contributed by atoms with Gasteiger partial charge in [-0.15, -0.1) is 0 Å². The summed E-state index contributed by atoms with van der Waals surface area (Å²) >= 11 is 0. The molecule has 0 aliphatic carbocycles. The quantitative estimate of drug-likeness (QED) is 0.854. The summed E-state index contributed by atoms with van der Waals surface area (Å²) in [6.07, 6.45) is 0.788. The number of oxazole rings is 1. The van der Waals surface area contributed by atoms with Crippen LogP contribution in [-0.2, 0) is 4.79 Å². The molecule has 5 heteroatoms. The van der Waals surface area contributed by atoms with E-state index in [1.165, 1.54) is 0 Å². The van der Waals surface area contributed by atoms with Crippen LogP contribution in [0.5, 0.6) is 0 Å². The van der Waals surface area contributed by atoms with Gasteiger partial charge in [-0.25, -0.2) is 4.79 Å². The highest BCUT2D eigenvalue weighted by Gasteiger charge is 2.11. The van der Waals surface area contributed by atoms with E-state index in [1.807, 2.05) is 13.8 Å². The molecule has 90 valence electrons. The van der Waals surface area contributed by atoms with Gasteiger partial charge in [0.1, 0.15) is 0 Å². The van der Waals surface area contributed by atoms with Gasteiger partial charge in [0.25, 0.3) is 0 Å². The number of benzene rings is 1. The first-order valence-electron chi connectivity index (χ1n) is 5.54. The topological polar surface area (TPSA) is 75.1 Å². The third-order valence-corrected chi connectivity index (χ3v) is 2.75. The molecule has 0 aliphatic rings. The monoisotopic (exact) mass is 234 g/mol. The molecule has 1 amide bonds. The van der Waals surface area contributed by atoms with Gasteiger partial charge < -0.3 is 9.73 Å². The molecule has 2 rings (SSSR count). The predicted octanol–water partition coefficient (Wildman–Crippen LogP) is 2.11. The Morgan fingerprint density at radius 1 is 1.53 bits per heavy atom. The van der Waals surface area contributed by atoms with Crippen molar-refractivity contribution in [3.63, 3.8) is 0 Å². The van der Waals surface area contributed by atoms with Crippen LogP contribution in [0, 0.1) is 5.92 Å². The maximum atomic E-state index is 11.7. The van der Waals surface area contributed by atoms with Crippen molar-refractivity contribution in [3.8, 4) is 0 Å². The van der Waals surface area contributed by atoms with Gasteiger partial charge in [0.15, 0.2) is 5.58 Å². The van der Waals surface area contributed by atoms with E-state index in [0.29, 0.717) is 16.8 Å². The van der Waals surface area contributed by atoms with Crippen LogP contribution in [0.25, 0.3) is 11.1 Å². The van der Waals surface area contributed by atoms with Crippen LogP contribution in [0.15, 0.2) is 27.4 Å². The van der Waals surface area contributed by atoms with E-state index in [9.17, 15) is 9.59 Å². The number of carbonyl (C=O) groups is 1. The number of amides is 1. The maximum Gasteiger partial charge on any atom is 0.417 e. The van der Waals surface area contributed by atoms with Gasteiger partial charge in [0.05, 0.1) is 5.52 Å². The van der Waals surface area contributed by atoms with Crippen molar-refractivity contribution in [2.24, 2.45) is 5.92 Å². The van der Waals surface area contributed by atoms with Gasteiger partial charge in [-0.1, -0.05) is 13.8 Å². The number of H-pyrrole nitrogens is 1. The number of fused-ring (bicyclic) bond motifs is 1. The first-order chi connectivity index (χ1) is 8.10. The fourth-order valence-electron chi connectivity index (χ4n) is 1.48. The summed E-state index contributed by atoms with van der Waals surface area (Å²) in [5.41, 5.74) is 1.72. The zero-order valence-electron chi connectivity index (χ0n) is 9.74. The summed E-state index contributed by atoms with van der Waals surface area (Å²) in [6.45, 7) is 3.83. The summed E-state index contributed by atoms with van der Waals surface area (Å²) in [6, 6.07) is 5.04. The van der Waals surface area contributed by atoms with Crippen LogP contribution in [0.3, 0.4) is 0 Å². The molecule has 0 saturated heterocycles. The van der Waals surface area contributed by atoms with Crippen LogP contribution in [-0.4, -0.2) is 10.9 Å². The summed E-state index contributed by atoms with van der Waals surface area (Å²) in [5.74, 6) is -0.558. The van der Waals surface area contributed by atoms with Gasteiger partial charge in [-0.2, -0.15) is 0 Å². The minimum absolute atomic E-state index is 0.0299. The second-order valence-corrected chi connectivity index (χ2v) is 4.02. The van der Waals surface area contributed by atoms with Crippen LogP contribution in [0.1, 0.15) is 20.3 Å². The van der Waals surface area contributed by atoms with Crippen LogP contribution < -0.4 is 11.1 Å². The van der Waals surface area contributed by atoms with E-state index in [2.05, 4.69) is 10.3 Å². The molecule has 0 aliphatic heterocycles. The molecule has 0 unspecified atom stereocenters. The summed E-state index contributed by atoms with van der Waals surface area (Å²) in [4.78, 5) is 25.2. The van der Waals surface area contributed by atoms with Crippen molar-refractivity contribution in [2.75, 3.05) is 5.32 Å². The highest BCUT2D eigenvalue weighted by molar-refractivity contribution is 5.94. The first kappa shape index (κ1) is 11.4. The zero-order chi connectivity index (χ0) is 12.4. The number of hydrogen-bond donors (Lipinski definition) is 2. The first-order valence-corrected chi connectivity index (χ1v) is 5.54. The average Bonchev–Trinajstić information content (AvgIpc) is 2.67. The van der Waals surface area contributed by atoms with E-state index in [4.69, 9.17) is 4.42 Å². The fraction of sp³-hybridized carbons (Fsp3) is 0.333. The summed E-state index contributed by atoms with van der Waals surface area (Å²) < 4.78 is 4.87. The Hall–Kier alpha value is -2.04. The number of rotatable bonds is 3. The molecule has 0 saturated carbocycles. The van der Waals surface area contributed by atoms with Gasteiger partial charge in [0, 0.05) is 11.6 Å². The SMILES string of the molecule is CC[C@@H](C)C(=O)Nc1ccc2oc(=O)[nH]c2c1. The lowest BCUT2D eigenvalue weighted by molar-refractivity contribution is -0.119. The standard InChI is InChI=1S/C12H14N2O3/c1-3-7(2)11(15)13-8-4-5-10-9(6-8)14-12(16)17-10/h4-7H,3H2,1-2H3,(H,13,15)(H,14,16)/t7-/m1/s1. The Morgan fingerprint density at radius 3 is 3.00 bits per heavy atom. The van der Waals surface area contributed by atoms with Crippen LogP contribution in [0.4, 0.5) is 5.69 Å². The lowest BCUT2D eigenvalue weighted by Crippen LogP contribution is -2.19. The molecular weight excluding hydrogens is 220 g/mol. The normalized spacial score (nSPS) is 12.6. The molecule has 2 aromatic rings. The maximum absolute atomic E-state index is 11.7. The highest BCUT2D eigenvalue weighted by atomic mass is 16.4. The molecule has 1 aromatic carbocycles. The predicted molar refractivity (Wildman–Crippen MR) is 64.9 cm³/mol. The molecule has 1 aromatic heterocycles. The van der Waals surface area contributed by atoms with Crippen LogP contribution in [0.2, 0.25) is 0 Å². The average molecular weight is 234 g/mol. The third kappa shape index (κ3) is 2.38. The van der Waals surface area contributed by atoms with Crippen molar-refractivity contribution in [3.05, 3.63) is 28.7 Å². The minimum Gasteiger partial charge on any atom is -0.408 e. The van der Waals surface area contributed by atoms with Gasteiger partial charge in [-0.3, -0.25) is 9.78 Å². The Morgan fingerprint density at radius 2 is 2.29 bits per heavy atom. The molecule has 5 nitrogen and oxygen atoms in total.